The summed E-state index contributed by atoms with van der Waals surface area (Å²) in [4.78, 5) is 36.3. The molecular formula is C19H22N2O5. The lowest BCUT2D eigenvalue weighted by Crippen LogP contribution is -2.35. The van der Waals surface area contributed by atoms with Gasteiger partial charge in [0.1, 0.15) is 0 Å². The average Bonchev–Trinajstić information content (AvgIpc) is 3.16. The number of amides is 2. The summed E-state index contributed by atoms with van der Waals surface area (Å²) in [6.45, 7) is 5.17. The van der Waals surface area contributed by atoms with Crippen LogP contribution in [0.15, 0.2) is 41.0 Å². The van der Waals surface area contributed by atoms with Gasteiger partial charge in [-0.05, 0) is 44.0 Å². The first kappa shape index (κ1) is 19.2. The standard InChI is InChI=1S/C19H22N2O5/c1-4-13(3)20-16(22)11-26-19(24)14-8-5-7-12(2)17(14)21-18(23)15-9-6-10-25-15/h5-10,13H,4,11H2,1-3H3,(H,20,22)(H,21,23). The molecule has 1 aromatic carbocycles. The van der Waals surface area contributed by atoms with Crippen LogP contribution in [-0.2, 0) is 9.53 Å². The monoisotopic (exact) mass is 358 g/mol. The third-order valence-electron chi connectivity index (χ3n) is 3.83. The van der Waals surface area contributed by atoms with E-state index < -0.39 is 11.9 Å². The number of anilines is 1. The second-order valence-electron chi connectivity index (χ2n) is 5.88. The molecule has 0 radical (unpaired) electrons. The van der Waals surface area contributed by atoms with E-state index in [4.69, 9.17) is 9.15 Å². The van der Waals surface area contributed by atoms with Gasteiger partial charge in [-0.3, -0.25) is 9.59 Å². The van der Waals surface area contributed by atoms with Crippen LogP contribution in [0.2, 0.25) is 0 Å². The molecule has 0 aliphatic rings. The SMILES string of the molecule is CCC(C)NC(=O)COC(=O)c1cccc(C)c1NC(=O)c1ccco1. The number of aryl methyl sites for hydroxylation is 1. The van der Waals surface area contributed by atoms with Crippen LogP contribution in [0.4, 0.5) is 5.69 Å². The number of hydrogen-bond donors (Lipinski definition) is 2. The Morgan fingerprint density at radius 3 is 2.62 bits per heavy atom. The van der Waals surface area contributed by atoms with E-state index >= 15 is 0 Å². The van der Waals surface area contributed by atoms with Crippen LogP contribution < -0.4 is 10.6 Å². The first-order valence-electron chi connectivity index (χ1n) is 8.33. The van der Waals surface area contributed by atoms with E-state index in [2.05, 4.69) is 10.6 Å². The minimum Gasteiger partial charge on any atom is -0.459 e. The van der Waals surface area contributed by atoms with Crippen molar-refractivity contribution in [2.24, 2.45) is 0 Å². The molecule has 0 aliphatic carbocycles. The van der Waals surface area contributed by atoms with Gasteiger partial charge < -0.3 is 19.8 Å². The quantitative estimate of drug-likeness (QED) is 0.742. The summed E-state index contributed by atoms with van der Waals surface area (Å²) in [5.74, 6) is -1.42. The first-order chi connectivity index (χ1) is 12.4. The number of esters is 1. The summed E-state index contributed by atoms with van der Waals surface area (Å²) in [6.07, 6.45) is 2.17. The number of benzene rings is 1. The summed E-state index contributed by atoms with van der Waals surface area (Å²) in [6, 6.07) is 8.07. The first-order valence-corrected chi connectivity index (χ1v) is 8.33. The molecule has 2 aromatic rings. The van der Waals surface area contributed by atoms with Gasteiger partial charge in [0.05, 0.1) is 17.5 Å². The Kier molecular flexibility index (Phi) is 6.54. The van der Waals surface area contributed by atoms with Crippen molar-refractivity contribution in [3.05, 3.63) is 53.5 Å². The molecule has 1 unspecified atom stereocenters. The highest BCUT2D eigenvalue weighted by Crippen LogP contribution is 2.22. The highest BCUT2D eigenvalue weighted by Gasteiger charge is 2.19. The molecule has 0 spiro atoms. The van der Waals surface area contributed by atoms with Crippen molar-refractivity contribution < 1.29 is 23.5 Å². The minimum atomic E-state index is -0.692. The molecule has 0 saturated heterocycles. The van der Waals surface area contributed by atoms with Crippen LogP contribution in [0.1, 0.15) is 46.7 Å². The van der Waals surface area contributed by atoms with Gasteiger partial charge in [-0.15, -0.1) is 0 Å². The molecule has 0 aliphatic heterocycles. The molecule has 7 heteroatoms. The summed E-state index contributed by atoms with van der Waals surface area (Å²) in [5, 5.41) is 5.37. The molecule has 138 valence electrons. The fourth-order valence-electron chi connectivity index (χ4n) is 2.21. The molecule has 0 fully saturated rings. The number of rotatable bonds is 7. The molecule has 2 N–H and O–H groups in total. The Balaban J connectivity index is 2.09. The number of hydrogen-bond acceptors (Lipinski definition) is 5. The van der Waals surface area contributed by atoms with Gasteiger partial charge in [-0.1, -0.05) is 19.1 Å². The van der Waals surface area contributed by atoms with Crippen molar-refractivity contribution >= 4 is 23.5 Å². The van der Waals surface area contributed by atoms with E-state index in [-0.39, 0.29) is 29.9 Å². The minimum absolute atomic E-state index is 0.00307. The maximum atomic E-state index is 12.4. The zero-order valence-electron chi connectivity index (χ0n) is 15.0. The van der Waals surface area contributed by atoms with E-state index in [9.17, 15) is 14.4 Å². The lowest BCUT2D eigenvalue weighted by atomic mass is 10.1. The van der Waals surface area contributed by atoms with E-state index in [1.165, 1.54) is 18.4 Å². The van der Waals surface area contributed by atoms with Gasteiger partial charge >= 0.3 is 5.97 Å². The molecule has 2 amide bonds. The molecule has 26 heavy (non-hydrogen) atoms. The normalized spacial score (nSPS) is 11.5. The third-order valence-corrected chi connectivity index (χ3v) is 3.83. The number of carbonyl (C=O) groups is 3. The van der Waals surface area contributed by atoms with E-state index in [1.807, 2.05) is 13.8 Å². The van der Waals surface area contributed by atoms with Gasteiger partial charge in [0.25, 0.3) is 11.8 Å². The largest absolute Gasteiger partial charge is 0.459 e. The Morgan fingerprint density at radius 1 is 1.19 bits per heavy atom. The zero-order valence-corrected chi connectivity index (χ0v) is 15.0. The molecule has 7 nitrogen and oxygen atoms in total. The maximum Gasteiger partial charge on any atom is 0.340 e. The van der Waals surface area contributed by atoms with E-state index in [0.29, 0.717) is 11.3 Å². The number of nitrogens with one attached hydrogen (secondary N) is 2. The predicted molar refractivity (Wildman–Crippen MR) is 96.0 cm³/mol. The molecular weight excluding hydrogens is 336 g/mol. The fourth-order valence-corrected chi connectivity index (χ4v) is 2.21. The van der Waals surface area contributed by atoms with Gasteiger partial charge in [0.2, 0.25) is 0 Å². The maximum absolute atomic E-state index is 12.4. The van der Waals surface area contributed by atoms with E-state index in [1.54, 1.807) is 25.1 Å². The molecule has 1 aromatic heterocycles. The fraction of sp³-hybridized carbons (Fsp3) is 0.316. The van der Waals surface area contributed by atoms with Crippen LogP contribution in [0.25, 0.3) is 0 Å². The Hall–Kier alpha value is -3.09. The number of para-hydroxylation sites is 1. The van der Waals surface area contributed by atoms with Crippen LogP contribution in [-0.4, -0.2) is 30.4 Å². The lowest BCUT2D eigenvalue weighted by Gasteiger charge is -2.14. The number of carbonyl (C=O) groups excluding carboxylic acids is 3. The molecule has 0 saturated carbocycles. The van der Waals surface area contributed by atoms with Crippen LogP contribution in [0, 0.1) is 6.92 Å². The topological polar surface area (TPSA) is 97.6 Å². The Labute approximate surface area is 151 Å². The van der Waals surface area contributed by atoms with Crippen LogP contribution >= 0.6 is 0 Å². The van der Waals surface area contributed by atoms with Gasteiger partial charge in [-0.2, -0.15) is 0 Å². The smallest absolute Gasteiger partial charge is 0.340 e. The lowest BCUT2D eigenvalue weighted by molar-refractivity contribution is -0.124. The summed E-state index contributed by atoms with van der Waals surface area (Å²) in [7, 11) is 0. The van der Waals surface area contributed by atoms with Gasteiger partial charge in [-0.25, -0.2) is 4.79 Å². The van der Waals surface area contributed by atoms with Crippen LogP contribution in [0.3, 0.4) is 0 Å². The van der Waals surface area contributed by atoms with Crippen molar-refractivity contribution in [3.63, 3.8) is 0 Å². The second kappa shape index (κ2) is 8.84. The highest BCUT2D eigenvalue weighted by atomic mass is 16.5. The summed E-state index contributed by atoms with van der Waals surface area (Å²) >= 11 is 0. The second-order valence-corrected chi connectivity index (χ2v) is 5.88. The predicted octanol–water partition coefficient (Wildman–Crippen LogP) is 2.91. The summed E-state index contributed by atoms with van der Waals surface area (Å²) in [5.41, 5.74) is 1.17. The molecule has 2 rings (SSSR count). The number of furan rings is 1. The zero-order chi connectivity index (χ0) is 19.1. The van der Waals surface area contributed by atoms with Gasteiger partial charge in [0, 0.05) is 6.04 Å². The Morgan fingerprint density at radius 2 is 1.96 bits per heavy atom. The average molecular weight is 358 g/mol. The van der Waals surface area contributed by atoms with Crippen LogP contribution in [0.5, 0.6) is 0 Å². The Bertz CT molecular complexity index is 783. The van der Waals surface area contributed by atoms with E-state index in [0.717, 1.165) is 6.42 Å². The van der Waals surface area contributed by atoms with Crippen molar-refractivity contribution in [1.29, 1.82) is 0 Å². The number of ether oxygens (including phenoxy) is 1. The molecule has 1 atom stereocenters. The highest BCUT2D eigenvalue weighted by molar-refractivity contribution is 6.07. The summed E-state index contributed by atoms with van der Waals surface area (Å²) < 4.78 is 10.1. The molecule has 0 bridgehead atoms. The van der Waals surface area contributed by atoms with Crippen molar-refractivity contribution in [1.82, 2.24) is 5.32 Å². The van der Waals surface area contributed by atoms with Crippen molar-refractivity contribution in [2.45, 2.75) is 33.2 Å². The van der Waals surface area contributed by atoms with Gasteiger partial charge in [0.15, 0.2) is 12.4 Å². The third kappa shape index (κ3) is 4.95. The van der Waals surface area contributed by atoms with Crippen molar-refractivity contribution in [2.75, 3.05) is 11.9 Å². The molecule has 1 heterocycles. The van der Waals surface area contributed by atoms with Crippen molar-refractivity contribution in [3.8, 4) is 0 Å².